The minimum absolute atomic E-state index is 0.419. The summed E-state index contributed by atoms with van der Waals surface area (Å²) in [7, 11) is 0. The van der Waals surface area contributed by atoms with E-state index >= 15 is 0 Å². The van der Waals surface area contributed by atoms with Crippen molar-refractivity contribution < 1.29 is 9.90 Å². The van der Waals surface area contributed by atoms with E-state index in [4.69, 9.17) is 5.11 Å². The Kier molecular flexibility index (Phi) is 4.52. The predicted octanol–water partition coefficient (Wildman–Crippen LogP) is 3.15. The summed E-state index contributed by atoms with van der Waals surface area (Å²) in [6.07, 6.45) is 1.02. The number of rotatable bonds is 6. The molecule has 0 atom stereocenters. The van der Waals surface area contributed by atoms with E-state index in [1.807, 2.05) is 6.92 Å². The summed E-state index contributed by atoms with van der Waals surface area (Å²) >= 11 is 3.11. The molecule has 0 aliphatic carbocycles. The number of carboxylic acid groups (broad SMARTS) is 1. The fraction of sp³-hybridized carbons (Fsp3) is 0.308. The maximum absolute atomic E-state index is 10.8. The van der Waals surface area contributed by atoms with E-state index in [2.05, 4.69) is 22.8 Å². The Balaban J connectivity index is 1.81. The molecule has 18 heavy (non-hydrogen) atoms. The highest BCUT2D eigenvalue weighted by Gasteiger charge is 2.10. The van der Waals surface area contributed by atoms with Gasteiger partial charge < -0.3 is 10.4 Å². The average Bonchev–Trinajstić information content (AvgIpc) is 2.94. The molecule has 0 radical (unpaired) electrons. The van der Waals surface area contributed by atoms with Crippen LogP contribution < -0.4 is 5.32 Å². The monoisotopic (exact) mass is 281 g/mol. The van der Waals surface area contributed by atoms with Crippen molar-refractivity contribution in [1.82, 2.24) is 5.32 Å². The van der Waals surface area contributed by atoms with E-state index in [0.717, 1.165) is 30.0 Å². The molecule has 0 spiro atoms. The third kappa shape index (κ3) is 3.41. The van der Waals surface area contributed by atoms with Gasteiger partial charge in [-0.05, 0) is 36.4 Å². The molecule has 0 saturated heterocycles. The Morgan fingerprint density at radius 1 is 1.50 bits per heavy atom. The van der Waals surface area contributed by atoms with E-state index in [9.17, 15) is 4.79 Å². The topological polar surface area (TPSA) is 49.3 Å². The minimum atomic E-state index is -0.840. The normalized spacial score (nSPS) is 10.7. The van der Waals surface area contributed by atoms with Crippen molar-refractivity contribution in [3.63, 3.8) is 0 Å². The predicted molar refractivity (Wildman–Crippen MR) is 75.7 cm³/mol. The molecule has 2 aromatic heterocycles. The molecule has 2 N–H and O–H groups in total. The molecule has 2 rings (SSSR count). The molecule has 0 aromatic carbocycles. The Morgan fingerprint density at radius 2 is 2.33 bits per heavy atom. The third-order valence-electron chi connectivity index (χ3n) is 2.68. The highest BCUT2D eigenvalue weighted by atomic mass is 32.1. The van der Waals surface area contributed by atoms with Crippen LogP contribution in [0.3, 0.4) is 0 Å². The van der Waals surface area contributed by atoms with Gasteiger partial charge in [-0.2, -0.15) is 0 Å². The lowest BCUT2D eigenvalue weighted by Crippen LogP contribution is -2.16. The lowest BCUT2D eigenvalue weighted by atomic mass is 10.2. The standard InChI is InChI=1S/C13H15NO2S2/c1-9-10(7-12(18-9)13(15)16)8-14-5-4-11-3-2-6-17-11/h2-3,6-7,14H,4-5,8H2,1H3,(H,15,16). The zero-order valence-corrected chi connectivity index (χ0v) is 11.7. The smallest absolute Gasteiger partial charge is 0.345 e. The van der Waals surface area contributed by atoms with Gasteiger partial charge in [-0.3, -0.25) is 0 Å². The summed E-state index contributed by atoms with van der Waals surface area (Å²) < 4.78 is 0. The molecule has 96 valence electrons. The number of aryl methyl sites for hydroxylation is 1. The Morgan fingerprint density at radius 3 is 2.94 bits per heavy atom. The van der Waals surface area contributed by atoms with Crippen LogP contribution in [0.15, 0.2) is 23.6 Å². The molecule has 5 heteroatoms. The van der Waals surface area contributed by atoms with Gasteiger partial charge in [0, 0.05) is 22.8 Å². The van der Waals surface area contributed by atoms with Crippen molar-refractivity contribution >= 4 is 28.6 Å². The quantitative estimate of drug-likeness (QED) is 0.800. The van der Waals surface area contributed by atoms with Crippen LogP contribution in [0.5, 0.6) is 0 Å². The zero-order valence-electron chi connectivity index (χ0n) is 10.1. The SMILES string of the molecule is Cc1sc(C(=O)O)cc1CNCCc1cccs1. The Bertz CT molecular complexity index is 517. The van der Waals surface area contributed by atoms with Crippen LogP contribution in [-0.2, 0) is 13.0 Å². The van der Waals surface area contributed by atoms with E-state index in [0.29, 0.717) is 4.88 Å². The minimum Gasteiger partial charge on any atom is -0.477 e. The number of carboxylic acids is 1. The van der Waals surface area contributed by atoms with Crippen LogP contribution >= 0.6 is 22.7 Å². The van der Waals surface area contributed by atoms with Crippen molar-refractivity contribution in [3.8, 4) is 0 Å². The van der Waals surface area contributed by atoms with Gasteiger partial charge in [0.2, 0.25) is 0 Å². The largest absolute Gasteiger partial charge is 0.477 e. The lowest BCUT2D eigenvalue weighted by molar-refractivity contribution is 0.0702. The molecule has 0 amide bonds. The molecule has 0 unspecified atom stereocenters. The number of aromatic carboxylic acids is 1. The Labute approximate surface area is 114 Å². The lowest BCUT2D eigenvalue weighted by Gasteiger charge is -2.02. The first-order valence-electron chi connectivity index (χ1n) is 5.72. The number of nitrogens with one attached hydrogen (secondary N) is 1. The highest BCUT2D eigenvalue weighted by molar-refractivity contribution is 7.14. The number of carbonyl (C=O) groups is 1. The maximum atomic E-state index is 10.8. The second kappa shape index (κ2) is 6.13. The maximum Gasteiger partial charge on any atom is 0.345 e. The second-order valence-electron chi connectivity index (χ2n) is 4.00. The van der Waals surface area contributed by atoms with Crippen LogP contribution in [0.2, 0.25) is 0 Å². The second-order valence-corrected chi connectivity index (χ2v) is 6.29. The van der Waals surface area contributed by atoms with Crippen molar-refractivity contribution in [1.29, 1.82) is 0 Å². The zero-order chi connectivity index (χ0) is 13.0. The molecule has 0 aliphatic rings. The average molecular weight is 281 g/mol. The number of thiophene rings is 2. The summed E-state index contributed by atoms with van der Waals surface area (Å²) in [5, 5.41) is 14.3. The van der Waals surface area contributed by atoms with Crippen LogP contribution in [0.1, 0.15) is 25.0 Å². The number of hydrogen-bond donors (Lipinski definition) is 2. The van der Waals surface area contributed by atoms with Crippen LogP contribution in [0.4, 0.5) is 0 Å². The molecular formula is C13H15NO2S2. The van der Waals surface area contributed by atoms with Crippen LogP contribution in [0, 0.1) is 6.92 Å². The molecule has 3 nitrogen and oxygen atoms in total. The molecule has 0 aliphatic heterocycles. The van der Waals surface area contributed by atoms with Crippen LogP contribution in [0.25, 0.3) is 0 Å². The van der Waals surface area contributed by atoms with Gasteiger partial charge in [0.1, 0.15) is 4.88 Å². The third-order valence-corrected chi connectivity index (χ3v) is 4.69. The molecule has 2 heterocycles. The molecule has 0 bridgehead atoms. The van der Waals surface area contributed by atoms with E-state index < -0.39 is 5.97 Å². The Hall–Kier alpha value is -1.17. The first-order chi connectivity index (χ1) is 8.66. The van der Waals surface area contributed by atoms with Gasteiger partial charge in [-0.1, -0.05) is 6.07 Å². The fourth-order valence-corrected chi connectivity index (χ4v) is 3.28. The summed E-state index contributed by atoms with van der Waals surface area (Å²) in [5.74, 6) is -0.840. The van der Waals surface area contributed by atoms with Crippen molar-refractivity contribution in [2.24, 2.45) is 0 Å². The van der Waals surface area contributed by atoms with Gasteiger partial charge in [-0.25, -0.2) is 4.79 Å². The van der Waals surface area contributed by atoms with Crippen LogP contribution in [-0.4, -0.2) is 17.6 Å². The van der Waals surface area contributed by atoms with Crippen molar-refractivity contribution in [3.05, 3.63) is 43.8 Å². The number of hydrogen-bond acceptors (Lipinski definition) is 4. The van der Waals surface area contributed by atoms with Gasteiger partial charge in [-0.15, -0.1) is 22.7 Å². The van der Waals surface area contributed by atoms with Crippen molar-refractivity contribution in [2.75, 3.05) is 6.54 Å². The molecule has 0 fully saturated rings. The molecule has 2 aromatic rings. The van der Waals surface area contributed by atoms with E-state index in [1.54, 1.807) is 17.4 Å². The van der Waals surface area contributed by atoms with Gasteiger partial charge in [0.15, 0.2) is 0 Å². The summed E-state index contributed by atoms with van der Waals surface area (Å²) in [4.78, 5) is 13.7. The summed E-state index contributed by atoms with van der Waals surface area (Å²) in [5.41, 5.74) is 1.09. The van der Waals surface area contributed by atoms with Gasteiger partial charge in [0.05, 0.1) is 0 Å². The molecular weight excluding hydrogens is 266 g/mol. The van der Waals surface area contributed by atoms with Crippen molar-refractivity contribution in [2.45, 2.75) is 19.9 Å². The fourth-order valence-electron chi connectivity index (χ4n) is 1.69. The molecule has 0 saturated carbocycles. The van der Waals surface area contributed by atoms with Gasteiger partial charge >= 0.3 is 5.97 Å². The summed E-state index contributed by atoms with van der Waals surface area (Å²) in [6, 6.07) is 5.95. The summed E-state index contributed by atoms with van der Waals surface area (Å²) in [6.45, 7) is 3.62. The first-order valence-corrected chi connectivity index (χ1v) is 7.42. The van der Waals surface area contributed by atoms with Gasteiger partial charge in [0.25, 0.3) is 0 Å². The van der Waals surface area contributed by atoms with E-state index in [1.165, 1.54) is 16.2 Å². The highest BCUT2D eigenvalue weighted by Crippen LogP contribution is 2.21. The first kappa shape index (κ1) is 13.3. The van der Waals surface area contributed by atoms with E-state index in [-0.39, 0.29) is 0 Å².